The fourth-order valence-corrected chi connectivity index (χ4v) is 5.82. The highest BCUT2D eigenvalue weighted by Crippen LogP contribution is 2.28. The molecule has 0 bridgehead atoms. The van der Waals surface area contributed by atoms with E-state index in [2.05, 4.69) is 25.7 Å². The molecule has 0 spiro atoms. The van der Waals surface area contributed by atoms with Gasteiger partial charge in [0.2, 0.25) is 5.96 Å². The SMILES string of the molecule is O=C(C[n+]1ccn2ccccc21)N1CC[N-]CC1N1C(N2CCCC2)=NC=CC1N1CCCC1. The van der Waals surface area contributed by atoms with Gasteiger partial charge < -0.3 is 20.0 Å². The van der Waals surface area contributed by atoms with E-state index in [0.717, 1.165) is 37.8 Å². The normalized spacial score (nSPS) is 26.0. The van der Waals surface area contributed by atoms with Crippen LogP contribution in [0.25, 0.3) is 11.0 Å². The summed E-state index contributed by atoms with van der Waals surface area (Å²) in [6.07, 6.45) is 15.0. The van der Waals surface area contributed by atoms with Crippen molar-refractivity contribution >= 4 is 17.5 Å². The molecule has 2 unspecified atom stereocenters. The first-order valence-electron chi connectivity index (χ1n) is 12.7. The van der Waals surface area contributed by atoms with Crippen molar-refractivity contribution in [2.45, 2.75) is 44.6 Å². The molecule has 2 atom stereocenters. The second-order valence-electron chi connectivity index (χ2n) is 9.62. The first-order chi connectivity index (χ1) is 16.8. The minimum absolute atomic E-state index is 0.118. The van der Waals surface area contributed by atoms with Gasteiger partial charge >= 0.3 is 0 Å². The zero-order valence-corrected chi connectivity index (χ0v) is 19.7. The van der Waals surface area contributed by atoms with Gasteiger partial charge in [0.15, 0.2) is 6.54 Å². The van der Waals surface area contributed by atoms with Crippen LogP contribution in [0.4, 0.5) is 0 Å². The highest BCUT2D eigenvalue weighted by atomic mass is 16.2. The van der Waals surface area contributed by atoms with Gasteiger partial charge in [-0.3, -0.25) is 9.69 Å². The summed E-state index contributed by atoms with van der Waals surface area (Å²) in [4.78, 5) is 28.0. The number of aromatic nitrogens is 2. The smallest absolute Gasteiger partial charge is 0.286 e. The van der Waals surface area contributed by atoms with Crippen molar-refractivity contribution in [2.75, 3.05) is 45.8 Å². The summed E-state index contributed by atoms with van der Waals surface area (Å²) in [5, 5.41) is 4.77. The number of pyridine rings is 1. The molecule has 2 aromatic heterocycles. The van der Waals surface area contributed by atoms with E-state index in [1.165, 1.54) is 25.7 Å². The van der Waals surface area contributed by atoms with Gasteiger partial charge in [0.25, 0.3) is 11.6 Å². The lowest BCUT2D eigenvalue weighted by atomic mass is 10.2. The number of carbonyl (C=O) groups is 1. The number of rotatable bonds is 4. The van der Waals surface area contributed by atoms with Crippen LogP contribution in [0.2, 0.25) is 0 Å². The molecule has 0 aliphatic carbocycles. The van der Waals surface area contributed by atoms with E-state index in [1.807, 2.05) is 52.0 Å². The van der Waals surface area contributed by atoms with Crippen LogP contribution in [0.3, 0.4) is 0 Å². The van der Waals surface area contributed by atoms with Crippen molar-refractivity contribution in [3.63, 3.8) is 0 Å². The lowest BCUT2D eigenvalue weighted by Crippen LogP contribution is -2.66. The van der Waals surface area contributed by atoms with Crippen LogP contribution < -0.4 is 4.57 Å². The Hall–Kier alpha value is -2.91. The molecule has 9 heteroatoms. The second kappa shape index (κ2) is 9.38. The topological polar surface area (TPSA) is 64.8 Å². The third-order valence-electron chi connectivity index (χ3n) is 7.54. The summed E-state index contributed by atoms with van der Waals surface area (Å²) in [5.74, 6) is 1.15. The molecule has 0 radical (unpaired) electrons. The number of piperazine rings is 1. The number of fused-ring (bicyclic) bond motifs is 1. The molecule has 3 saturated heterocycles. The Kier molecular flexibility index (Phi) is 5.97. The zero-order chi connectivity index (χ0) is 22.9. The summed E-state index contributed by atoms with van der Waals surface area (Å²) in [5.41, 5.74) is 1.02. The Morgan fingerprint density at radius 1 is 1.06 bits per heavy atom. The number of hydrogen-bond donors (Lipinski definition) is 0. The molecule has 0 saturated carbocycles. The molecule has 34 heavy (non-hydrogen) atoms. The van der Waals surface area contributed by atoms with Gasteiger partial charge in [-0.2, -0.15) is 0 Å². The molecule has 2 aromatic rings. The molecule has 0 aromatic carbocycles. The molecule has 0 N–H and O–H groups in total. The fourth-order valence-electron chi connectivity index (χ4n) is 5.82. The molecule has 9 nitrogen and oxygen atoms in total. The van der Waals surface area contributed by atoms with E-state index in [-0.39, 0.29) is 18.2 Å². The summed E-state index contributed by atoms with van der Waals surface area (Å²) < 4.78 is 4.09. The first-order valence-corrected chi connectivity index (χ1v) is 12.7. The maximum absolute atomic E-state index is 13.8. The molecule has 6 heterocycles. The second-order valence-corrected chi connectivity index (χ2v) is 9.62. The van der Waals surface area contributed by atoms with Crippen LogP contribution >= 0.6 is 0 Å². The highest BCUT2D eigenvalue weighted by Gasteiger charge is 2.40. The van der Waals surface area contributed by atoms with Crippen LogP contribution in [0.15, 0.2) is 54.1 Å². The van der Waals surface area contributed by atoms with Gasteiger partial charge in [0.05, 0.1) is 12.4 Å². The number of aliphatic imine (C=N–C) groups is 1. The van der Waals surface area contributed by atoms with Gasteiger partial charge in [-0.15, -0.1) is 13.1 Å². The maximum atomic E-state index is 13.8. The average Bonchev–Trinajstić information content (AvgIpc) is 3.66. The Balaban J connectivity index is 1.30. The summed E-state index contributed by atoms with van der Waals surface area (Å²) in [6, 6.07) is 6.06. The largest absolute Gasteiger partial charge is 0.658 e. The van der Waals surface area contributed by atoms with Crippen LogP contribution in [-0.2, 0) is 11.3 Å². The third kappa shape index (κ3) is 3.96. The summed E-state index contributed by atoms with van der Waals surface area (Å²) >= 11 is 0. The Labute approximate surface area is 200 Å². The quantitative estimate of drug-likeness (QED) is 0.646. The summed E-state index contributed by atoms with van der Waals surface area (Å²) in [6.45, 7) is 6.52. The van der Waals surface area contributed by atoms with E-state index >= 15 is 0 Å². The van der Waals surface area contributed by atoms with Crippen LogP contribution in [0, 0.1) is 0 Å². The zero-order valence-electron chi connectivity index (χ0n) is 19.7. The van der Waals surface area contributed by atoms with Crippen molar-refractivity contribution in [3.8, 4) is 0 Å². The molecular weight excluding hydrogens is 428 g/mol. The molecule has 180 valence electrons. The number of nitrogens with zero attached hydrogens (tertiary/aromatic N) is 8. The van der Waals surface area contributed by atoms with Gasteiger partial charge in [0, 0.05) is 45.0 Å². The summed E-state index contributed by atoms with van der Waals surface area (Å²) in [7, 11) is 0. The fraction of sp³-hybridized carbons (Fsp3) is 0.560. The van der Waals surface area contributed by atoms with Crippen molar-refractivity contribution in [2.24, 2.45) is 4.99 Å². The molecule has 4 aliphatic rings. The minimum Gasteiger partial charge on any atom is -0.658 e. The molecular formula is C25H34N8O. The van der Waals surface area contributed by atoms with E-state index in [4.69, 9.17) is 10.3 Å². The Morgan fingerprint density at radius 3 is 2.74 bits per heavy atom. The Bertz CT molecular complexity index is 1080. The van der Waals surface area contributed by atoms with Crippen LogP contribution in [-0.4, -0.2) is 94.0 Å². The number of carbonyl (C=O) groups excluding carboxylic acids is 1. The minimum atomic E-state index is -0.120. The average molecular weight is 463 g/mol. The lowest BCUT2D eigenvalue weighted by Gasteiger charge is -2.53. The first kappa shape index (κ1) is 21.6. The van der Waals surface area contributed by atoms with Gasteiger partial charge in [-0.25, -0.2) is 14.0 Å². The molecule has 6 rings (SSSR count). The number of guanidine groups is 1. The van der Waals surface area contributed by atoms with E-state index in [1.54, 1.807) is 0 Å². The van der Waals surface area contributed by atoms with Crippen molar-refractivity contribution in [3.05, 3.63) is 54.4 Å². The van der Waals surface area contributed by atoms with E-state index in [0.29, 0.717) is 26.2 Å². The van der Waals surface area contributed by atoms with Crippen molar-refractivity contribution in [1.29, 1.82) is 0 Å². The molecule has 1 amide bonds. The predicted molar refractivity (Wildman–Crippen MR) is 130 cm³/mol. The van der Waals surface area contributed by atoms with E-state index in [9.17, 15) is 4.79 Å². The van der Waals surface area contributed by atoms with Gasteiger partial charge in [-0.1, -0.05) is 6.07 Å². The number of imidazole rings is 1. The van der Waals surface area contributed by atoms with E-state index < -0.39 is 0 Å². The number of amides is 1. The number of likely N-dealkylation sites (tertiary alicyclic amines) is 2. The Morgan fingerprint density at radius 2 is 1.88 bits per heavy atom. The van der Waals surface area contributed by atoms with Gasteiger partial charge in [0.1, 0.15) is 18.6 Å². The van der Waals surface area contributed by atoms with Crippen molar-refractivity contribution < 1.29 is 9.36 Å². The molecule has 3 fully saturated rings. The predicted octanol–water partition coefficient (Wildman–Crippen LogP) is 1.47. The van der Waals surface area contributed by atoms with Crippen LogP contribution in [0.5, 0.6) is 0 Å². The monoisotopic (exact) mass is 462 g/mol. The number of hydrogen-bond acceptors (Lipinski definition) is 5. The standard InChI is InChI=1S/C25H34N8O/c34-24(20-31-18-17-29-11-2-1-7-21(29)31)32-16-10-26-19-23(32)33-22(28-12-3-4-13-28)8-9-27-25(33)30-14-5-6-15-30/h1-2,7-9,11,17-18,22-23H,3-6,10,12-16,19-20H2. The third-order valence-corrected chi connectivity index (χ3v) is 7.54. The van der Waals surface area contributed by atoms with Crippen LogP contribution in [0.1, 0.15) is 25.7 Å². The maximum Gasteiger partial charge on any atom is 0.286 e. The van der Waals surface area contributed by atoms with Gasteiger partial charge in [-0.05, 0) is 37.8 Å². The molecule has 4 aliphatic heterocycles. The highest BCUT2D eigenvalue weighted by molar-refractivity contribution is 5.84. The van der Waals surface area contributed by atoms with Crippen molar-refractivity contribution in [1.82, 2.24) is 24.0 Å². The lowest BCUT2D eigenvalue weighted by molar-refractivity contribution is -0.658.